The van der Waals surface area contributed by atoms with E-state index in [2.05, 4.69) is 0 Å². The molecule has 80 valence electrons. The largest absolute Gasteiger partial charge is 2.00 e. The summed E-state index contributed by atoms with van der Waals surface area (Å²) in [6.45, 7) is 0. The van der Waals surface area contributed by atoms with Crippen LogP contribution in [0.25, 0.3) is 0 Å². The third kappa shape index (κ3) is 4150. The van der Waals surface area contributed by atoms with Crippen molar-refractivity contribution in [1.82, 2.24) is 0 Å². The molecule has 0 aliphatic heterocycles. The molecule has 0 aromatic rings. The first-order valence-corrected chi connectivity index (χ1v) is 1.13. The van der Waals surface area contributed by atoms with Crippen LogP contribution in [-0.4, -0.2) is 80.2 Å². The average Bonchev–Trinajstić information content (AvgIpc) is 1.25. The van der Waals surface area contributed by atoms with Gasteiger partial charge in [-0.1, -0.05) is 0 Å². The van der Waals surface area contributed by atoms with E-state index in [4.69, 9.17) is 30.6 Å². The summed E-state index contributed by atoms with van der Waals surface area (Å²) in [7, 11) is 0. The van der Waals surface area contributed by atoms with Crippen molar-refractivity contribution in [2.45, 2.75) is 0 Å². The molecule has 0 aliphatic carbocycles. The van der Waals surface area contributed by atoms with Crippen LogP contribution in [0.15, 0.2) is 0 Å². The Kier molecular flexibility index (Phi) is 176. The van der Waals surface area contributed by atoms with Crippen LogP contribution in [-0.2, 0) is 0 Å². The molecule has 0 saturated heterocycles. The van der Waals surface area contributed by atoms with E-state index in [-0.39, 0.29) is 59.6 Å². The number of rotatable bonds is 0. The molecule has 0 saturated carbocycles. The van der Waals surface area contributed by atoms with Crippen molar-refractivity contribution in [3.63, 3.8) is 0 Å². The van der Waals surface area contributed by atoms with Crippen LogP contribution in [0.5, 0.6) is 0 Å². The summed E-state index contributed by atoms with van der Waals surface area (Å²) in [5.74, 6) is 0. The molecule has 13 heavy (non-hydrogen) atoms. The summed E-state index contributed by atoms with van der Waals surface area (Å²) in [5.41, 5.74) is 0. The molecule has 0 unspecified atom stereocenters. The Morgan fingerprint density at radius 1 is 0.769 bits per heavy atom. The van der Waals surface area contributed by atoms with Crippen molar-refractivity contribution in [1.29, 1.82) is 0 Å². The number of nitrogens with zero attached hydrogens (tertiary/aromatic N) is 2. The predicted octanol–water partition coefficient (Wildman–Crippen LogP) is -4.37. The standard InChI is InChI=1S/Ca.2HNO3.4H2O/c;2*2-1(3)4;;;;/h;2*(H,2,3,4);4*1H2/q+2;;;;;;. The van der Waals surface area contributed by atoms with E-state index in [1.54, 1.807) is 0 Å². The van der Waals surface area contributed by atoms with Crippen molar-refractivity contribution in [3.05, 3.63) is 20.2 Å². The Labute approximate surface area is 100 Å². The zero-order chi connectivity index (χ0) is 7.15. The van der Waals surface area contributed by atoms with Crippen molar-refractivity contribution < 1.29 is 42.5 Å². The van der Waals surface area contributed by atoms with Crippen LogP contribution in [0.2, 0.25) is 0 Å². The van der Waals surface area contributed by atoms with E-state index >= 15 is 0 Å². The maximum atomic E-state index is 8.36. The van der Waals surface area contributed by atoms with Gasteiger partial charge < -0.3 is 32.3 Å². The van der Waals surface area contributed by atoms with Crippen LogP contribution in [0.4, 0.5) is 0 Å². The Bertz CT molecular complexity index is 70.9. The van der Waals surface area contributed by atoms with Gasteiger partial charge in [-0.05, 0) is 0 Å². The summed E-state index contributed by atoms with van der Waals surface area (Å²) in [5, 5.41) is 27.3. The van der Waals surface area contributed by atoms with Crippen molar-refractivity contribution >= 4 is 37.7 Å². The normalized spacial score (nSPS) is 3.69. The molecule has 0 aromatic carbocycles. The van der Waals surface area contributed by atoms with E-state index in [9.17, 15) is 0 Å². The molecule has 0 heterocycles. The minimum absolute atomic E-state index is 0. The molecule has 0 atom stereocenters. The molecule has 0 amide bonds. The Morgan fingerprint density at radius 3 is 0.769 bits per heavy atom. The fourth-order valence-corrected chi connectivity index (χ4v) is 0. The smallest absolute Gasteiger partial charge is 0.412 e. The molecule has 0 aliphatic rings. The second-order valence-electron chi connectivity index (χ2n) is 0.476. The monoisotopic (exact) mass is 238 g/mol. The van der Waals surface area contributed by atoms with E-state index in [1.807, 2.05) is 0 Å². The molecule has 13 heteroatoms. The first kappa shape index (κ1) is 54.7. The van der Waals surface area contributed by atoms with E-state index in [1.165, 1.54) is 0 Å². The minimum Gasteiger partial charge on any atom is -0.412 e. The van der Waals surface area contributed by atoms with Crippen LogP contribution < -0.4 is 0 Å². The Hall–Kier alpha value is -0.500. The van der Waals surface area contributed by atoms with Gasteiger partial charge in [0.25, 0.3) is 10.2 Å². The Morgan fingerprint density at radius 2 is 0.769 bits per heavy atom. The summed E-state index contributed by atoms with van der Waals surface area (Å²) >= 11 is 0. The molecular formula is H10CaN2O10+2. The van der Waals surface area contributed by atoms with Gasteiger partial charge in [0.1, 0.15) is 0 Å². The molecule has 12 nitrogen and oxygen atoms in total. The topological polar surface area (TPSA) is 253 Å². The van der Waals surface area contributed by atoms with Gasteiger partial charge in [-0.2, -0.15) is 0 Å². The second-order valence-corrected chi connectivity index (χ2v) is 0.476. The zero-order valence-electron chi connectivity index (χ0n) is 6.13. The average molecular weight is 238 g/mol. The van der Waals surface area contributed by atoms with Gasteiger partial charge in [-0.3, -0.25) is 0 Å². The molecule has 0 aromatic heterocycles. The first-order valence-electron chi connectivity index (χ1n) is 1.13. The molecule has 0 rings (SSSR count). The molecular weight excluding hydrogens is 228 g/mol. The van der Waals surface area contributed by atoms with Crippen LogP contribution in [0.3, 0.4) is 0 Å². The first-order chi connectivity index (χ1) is 3.46. The van der Waals surface area contributed by atoms with E-state index < -0.39 is 10.2 Å². The fraction of sp³-hybridized carbons (Fsp3) is 0. The summed E-state index contributed by atoms with van der Waals surface area (Å²) in [4.78, 5) is 16.7. The summed E-state index contributed by atoms with van der Waals surface area (Å²) in [6, 6.07) is 0. The molecule has 0 fully saturated rings. The zero-order valence-corrected chi connectivity index (χ0v) is 8.34. The van der Waals surface area contributed by atoms with Crippen LogP contribution in [0, 0.1) is 20.2 Å². The van der Waals surface area contributed by atoms with Gasteiger partial charge in [-0.25, -0.2) is 0 Å². The van der Waals surface area contributed by atoms with Crippen molar-refractivity contribution in [3.8, 4) is 0 Å². The van der Waals surface area contributed by atoms with Crippen LogP contribution in [0.1, 0.15) is 0 Å². The third-order valence-electron chi connectivity index (χ3n) is 0. The maximum Gasteiger partial charge on any atom is 2.00 e. The van der Waals surface area contributed by atoms with E-state index in [0.717, 1.165) is 0 Å². The quantitative estimate of drug-likeness (QED) is 0.239. The molecule has 10 N–H and O–H groups in total. The number of hydrogen-bond acceptors (Lipinski definition) is 4. The molecule has 0 bridgehead atoms. The van der Waals surface area contributed by atoms with Gasteiger partial charge in [0, 0.05) is 0 Å². The van der Waals surface area contributed by atoms with Gasteiger partial charge in [-0.15, -0.1) is 20.2 Å². The van der Waals surface area contributed by atoms with Gasteiger partial charge in [0.15, 0.2) is 0 Å². The van der Waals surface area contributed by atoms with Crippen molar-refractivity contribution in [2.24, 2.45) is 0 Å². The van der Waals surface area contributed by atoms with Gasteiger partial charge >= 0.3 is 37.7 Å². The number of hydrogen-bond donors (Lipinski definition) is 2. The molecule has 0 radical (unpaired) electrons. The predicted molar refractivity (Wildman–Crippen MR) is 37.8 cm³/mol. The fourth-order valence-electron chi connectivity index (χ4n) is 0. The Balaban J connectivity index is -0.00000000800. The van der Waals surface area contributed by atoms with Gasteiger partial charge in [0.2, 0.25) is 0 Å². The molecule has 0 spiro atoms. The summed E-state index contributed by atoms with van der Waals surface area (Å²) < 4.78 is 0. The minimum atomic E-state index is -1.50. The van der Waals surface area contributed by atoms with Crippen LogP contribution >= 0.6 is 0 Å². The SMILES string of the molecule is O.O.O.O.O=[N+]([O-])O.O=[N+]([O-])O.[Ca+2]. The maximum absolute atomic E-state index is 8.36. The van der Waals surface area contributed by atoms with Gasteiger partial charge in [0.05, 0.1) is 0 Å². The van der Waals surface area contributed by atoms with Crippen molar-refractivity contribution in [2.75, 3.05) is 0 Å². The summed E-state index contributed by atoms with van der Waals surface area (Å²) in [6.07, 6.45) is 0. The van der Waals surface area contributed by atoms with E-state index in [0.29, 0.717) is 0 Å². The third-order valence-corrected chi connectivity index (χ3v) is 0. The second kappa shape index (κ2) is 41.9.